The molecule has 0 saturated carbocycles. The third-order valence-corrected chi connectivity index (χ3v) is 13.2. The van der Waals surface area contributed by atoms with Gasteiger partial charge in [-0.3, -0.25) is 0 Å². The maximum atomic E-state index is 6.36. The average Bonchev–Trinajstić information content (AvgIpc) is 3.93. The molecule has 0 fully saturated rings. The Morgan fingerprint density at radius 1 is 0.323 bits per heavy atom. The van der Waals surface area contributed by atoms with Gasteiger partial charge in [-0.1, -0.05) is 170 Å². The predicted octanol–water partition coefficient (Wildman–Crippen LogP) is 17.5. The van der Waals surface area contributed by atoms with Gasteiger partial charge in [-0.2, -0.15) is 0 Å². The van der Waals surface area contributed by atoms with E-state index >= 15 is 0 Å². The zero-order chi connectivity index (χ0) is 42.8. The second-order valence-corrected chi connectivity index (χ2v) is 16.8. The van der Waals surface area contributed by atoms with Crippen molar-refractivity contribution < 1.29 is 4.42 Å². The van der Waals surface area contributed by atoms with E-state index in [4.69, 9.17) is 4.42 Å². The number of anilines is 3. The van der Waals surface area contributed by atoms with Gasteiger partial charge in [0.05, 0.1) is 16.7 Å². The van der Waals surface area contributed by atoms with Crippen molar-refractivity contribution in [3.63, 3.8) is 0 Å². The maximum absolute atomic E-state index is 6.36. The van der Waals surface area contributed by atoms with Crippen LogP contribution in [0.3, 0.4) is 0 Å². The molecule has 0 aliphatic rings. The van der Waals surface area contributed by atoms with Crippen LogP contribution < -0.4 is 4.90 Å². The molecule has 3 heteroatoms. The van der Waals surface area contributed by atoms with Gasteiger partial charge in [0.25, 0.3) is 0 Å². The van der Waals surface area contributed by atoms with Crippen LogP contribution >= 0.6 is 0 Å². The van der Waals surface area contributed by atoms with Gasteiger partial charge in [0.2, 0.25) is 0 Å². The molecule has 0 bridgehead atoms. The van der Waals surface area contributed by atoms with Gasteiger partial charge < -0.3 is 13.9 Å². The van der Waals surface area contributed by atoms with Gasteiger partial charge in [0.1, 0.15) is 11.2 Å². The van der Waals surface area contributed by atoms with Crippen LogP contribution in [0.25, 0.3) is 104 Å². The first-order chi connectivity index (χ1) is 32.2. The number of para-hydroxylation sites is 4. The second kappa shape index (κ2) is 15.0. The molecular weight excluding hydrogens is 789 g/mol. The fourth-order valence-electron chi connectivity index (χ4n) is 10.2. The van der Waals surface area contributed by atoms with E-state index in [0.717, 1.165) is 72.5 Å². The summed E-state index contributed by atoms with van der Waals surface area (Å²) in [5, 5.41) is 9.73. The Balaban J connectivity index is 0.958. The Hall–Kier alpha value is -8.66. The predicted molar refractivity (Wildman–Crippen MR) is 274 cm³/mol. The van der Waals surface area contributed by atoms with Crippen molar-refractivity contribution in [3.05, 3.63) is 243 Å². The van der Waals surface area contributed by atoms with Crippen LogP contribution in [0, 0.1) is 0 Å². The second-order valence-electron chi connectivity index (χ2n) is 16.8. The molecule has 0 aliphatic heterocycles. The minimum atomic E-state index is 0.887. The molecule has 2 heterocycles. The van der Waals surface area contributed by atoms with E-state index in [9.17, 15) is 0 Å². The molecule has 3 nitrogen and oxygen atoms in total. The van der Waals surface area contributed by atoms with Crippen molar-refractivity contribution in [2.75, 3.05) is 4.90 Å². The molecule has 304 valence electrons. The number of hydrogen-bond acceptors (Lipinski definition) is 2. The molecule has 0 amide bonds. The van der Waals surface area contributed by atoms with E-state index in [0.29, 0.717) is 0 Å². The summed E-state index contributed by atoms with van der Waals surface area (Å²) in [4.78, 5) is 2.42. The lowest BCUT2D eigenvalue weighted by molar-refractivity contribution is 0.669. The van der Waals surface area contributed by atoms with Crippen molar-refractivity contribution in [2.24, 2.45) is 0 Å². The van der Waals surface area contributed by atoms with Gasteiger partial charge in [-0.25, -0.2) is 0 Å². The number of rotatable bonds is 7. The minimum absolute atomic E-state index is 0.887. The molecule has 13 rings (SSSR count). The van der Waals surface area contributed by atoms with Crippen LogP contribution in [-0.4, -0.2) is 4.57 Å². The molecular formula is C62H40N2O. The topological polar surface area (TPSA) is 21.3 Å². The number of fused-ring (bicyclic) bond motifs is 9. The molecule has 0 atom stereocenters. The summed E-state index contributed by atoms with van der Waals surface area (Å²) in [6, 6.07) is 87.8. The van der Waals surface area contributed by atoms with Crippen LogP contribution in [-0.2, 0) is 0 Å². The van der Waals surface area contributed by atoms with E-state index in [2.05, 4.69) is 246 Å². The Bertz CT molecular complexity index is 3900. The fraction of sp³-hybridized carbons (Fsp3) is 0. The molecule has 0 spiro atoms. The van der Waals surface area contributed by atoms with Crippen molar-refractivity contribution >= 4 is 82.4 Å². The van der Waals surface area contributed by atoms with Crippen molar-refractivity contribution in [2.45, 2.75) is 0 Å². The molecule has 11 aromatic carbocycles. The van der Waals surface area contributed by atoms with Gasteiger partial charge in [0, 0.05) is 44.2 Å². The molecule has 0 aliphatic carbocycles. The summed E-state index contributed by atoms with van der Waals surface area (Å²) in [7, 11) is 0. The lowest BCUT2D eigenvalue weighted by Crippen LogP contribution is -2.11. The lowest BCUT2D eigenvalue weighted by Gasteiger charge is -2.29. The maximum Gasteiger partial charge on any atom is 0.136 e. The van der Waals surface area contributed by atoms with E-state index in [1.165, 1.54) is 48.9 Å². The van der Waals surface area contributed by atoms with Crippen LogP contribution in [0.1, 0.15) is 0 Å². The molecule has 13 aromatic rings. The fourth-order valence-corrected chi connectivity index (χ4v) is 10.2. The molecule has 0 N–H and O–H groups in total. The van der Waals surface area contributed by atoms with Crippen molar-refractivity contribution in [1.29, 1.82) is 0 Å². The SMILES string of the molecule is c1cc(-c2cccc3oc4ccccc4c23)cc(N(c2ccc(-c3ccc(-n4c5ccccc5c5ccccc54)cc3)cc2)c2ccccc2-c2cc3ccccc3c3ccccc23)c1. The highest BCUT2D eigenvalue weighted by Crippen LogP contribution is 2.46. The number of hydrogen-bond donors (Lipinski definition) is 0. The first-order valence-corrected chi connectivity index (χ1v) is 22.2. The van der Waals surface area contributed by atoms with Gasteiger partial charge in [-0.15, -0.1) is 0 Å². The van der Waals surface area contributed by atoms with Crippen LogP contribution in [0.4, 0.5) is 17.1 Å². The molecule has 65 heavy (non-hydrogen) atoms. The first-order valence-electron chi connectivity index (χ1n) is 22.2. The summed E-state index contributed by atoms with van der Waals surface area (Å²) >= 11 is 0. The molecule has 2 aromatic heterocycles. The quantitative estimate of drug-likeness (QED) is 0.149. The zero-order valence-corrected chi connectivity index (χ0v) is 35.4. The Labute approximate surface area is 376 Å². The van der Waals surface area contributed by atoms with Crippen LogP contribution in [0.2, 0.25) is 0 Å². The standard InChI is InChI=1S/C62H40N2O/c1-2-18-48-44(15-1)40-56(51-20-4-3-19-50(48)51)54-23-7-9-26-57(54)63(47-17-13-16-43(39-47)49-25-14-30-61-62(49)55-24-8-12-29-60(55)65-61)45-35-31-41(32-36-45)42-33-37-46(38-34-42)64-58-27-10-5-21-52(58)53-22-6-11-28-59(53)64/h1-40H. The normalized spacial score (nSPS) is 11.7. The summed E-state index contributed by atoms with van der Waals surface area (Å²) in [6.45, 7) is 0. The Morgan fingerprint density at radius 2 is 0.892 bits per heavy atom. The van der Waals surface area contributed by atoms with Crippen molar-refractivity contribution in [1.82, 2.24) is 4.57 Å². The lowest BCUT2D eigenvalue weighted by atomic mass is 9.92. The van der Waals surface area contributed by atoms with Gasteiger partial charge >= 0.3 is 0 Å². The molecule has 0 saturated heterocycles. The van der Waals surface area contributed by atoms with E-state index in [-0.39, 0.29) is 0 Å². The smallest absolute Gasteiger partial charge is 0.136 e. The number of benzene rings is 11. The Kier molecular flexibility index (Phi) is 8.53. The summed E-state index contributed by atoms with van der Waals surface area (Å²) in [6.07, 6.45) is 0. The minimum Gasteiger partial charge on any atom is -0.456 e. The number of aromatic nitrogens is 1. The molecule has 0 unspecified atom stereocenters. The number of nitrogens with zero attached hydrogens (tertiary/aromatic N) is 2. The van der Waals surface area contributed by atoms with Crippen molar-refractivity contribution in [3.8, 4) is 39.1 Å². The van der Waals surface area contributed by atoms with E-state index in [1.54, 1.807) is 0 Å². The zero-order valence-electron chi connectivity index (χ0n) is 35.4. The summed E-state index contributed by atoms with van der Waals surface area (Å²) in [5.74, 6) is 0. The number of furan rings is 1. The average molecular weight is 829 g/mol. The first kappa shape index (κ1) is 36.9. The highest BCUT2D eigenvalue weighted by molar-refractivity contribution is 6.16. The van der Waals surface area contributed by atoms with Crippen LogP contribution in [0.5, 0.6) is 0 Å². The van der Waals surface area contributed by atoms with Crippen LogP contribution in [0.15, 0.2) is 247 Å². The van der Waals surface area contributed by atoms with E-state index in [1.807, 2.05) is 6.07 Å². The highest BCUT2D eigenvalue weighted by atomic mass is 16.3. The van der Waals surface area contributed by atoms with E-state index < -0.39 is 0 Å². The summed E-state index contributed by atoms with van der Waals surface area (Å²) < 4.78 is 8.73. The highest BCUT2D eigenvalue weighted by Gasteiger charge is 2.21. The largest absolute Gasteiger partial charge is 0.456 e. The molecule has 0 radical (unpaired) electrons. The summed E-state index contributed by atoms with van der Waals surface area (Å²) in [5.41, 5.74) is 15.5. The van der Waals surface area contributed by atoms with Gasteiger partial charge in [0.15, 0.2) is 0 Å². The Morgan fingerprint density at radius 3 is 1.66 bits per heavy atom. The monoisotopic (exact) mass is 828 g/mol. The third kappa shape index (κ3) is 6.05. The van der Waals surface area contributed by atoms with Gasteiger partial charge in [-0.05, 0) is 122 Å². The third-order valence-electron chi connectivity index (χ3n) is 13.2.